The van der Waals surface area contributed by atoms with Crippen LogP contribution in [0.25, 0.3) is 0 Å². The van der Waals surface area contributed by atoms with Gasteiger partial charge in [-0.1, -0.05) is 0 Å². The molecular formula is C8H13N3O3. The minimum absolute atomic E-state index is 0.0237. The Bertz CT molecular complexity index is 288. The van der Waals surface area contributed by atoms with Gasteiger partial charge in [-0.3, -0.25) is 19.8 Å². The van der Waals surface area contributed by atoms with E-state index in [0.29, 0.717) is 0 Å². The van der Waals surface area contributed by atoms with Gasteiger partial charge < -0.3 is 4.90 Å². The molecule has 0 saturated carbocycles. The van der Waals surface area contributed by atoms with E-state index < -0.39 is 17.8 Å². The Morgan fingerprint density at radius 2 is 1.93 bits per heavy atom. The fraction of sp³-hybridized carbons (Fsp3) is 0.625. The third kappa shape index (κ3) is 1.90. The van der Waals surface area contributed by atoms with Gasteiger partial charge in [0.05, 0.1) is 0 Å². The summed E-state index contributed by atoms with van der Waals surface area (Å²) in [6.07, 6.45) is 0. The number of carbonyl (C=O) groups excluding carboxylic acids is 3. The maximum atomic E-state index is 11.1. The summed E-state index contributed by atoms with van der Waals surface area (Å²) in [5.74, 6) is -1.62. The van der Waals surface area contributed by atoms with E-state index in [4.69, 9.17) is 0 Å². The van der Waals surface area contributed by atoms with Gasteiger partial charge in [0.2, 0.25) is 0 Å². The van der Waals surface area contributed by atoms with Crippen LogP contribution in [0, 0.1) is 0 Å². The topological polar surface area (TPSA) is 69.7 Å². The largest absolute Gasteiger partial charge is 0.331 e. The molecule has 0 aromatic carbocycles. The van der Waals surface area contributed by atoms with Crippen LogP contribution in [0.4, 0.5) is 4.79 Å². The van der Waals surface area contributed by atoms with E-state index in [-0.39, 0.29) is 12.6 Å². The lowest BCUT2D eigenvalue weighted by molar-refractivity contribution is -0.140. The van der Waals surface area contributed by atoms with E-state index in [1.54, 1.807) is 0 Å². The second kappa shape index (κ2) is 3.75. The lowest BCUT2D eigenvalue weighted by atomic mass is 10.3. The molecule has 1 atom stereocenters. The molecule has 78 valence electrons. The highest BCUT2D eigenvalue weighted by Crippen LogP contribution is 2.03. The minimum Gasteiger partial charge on any atom is -0.305 e. The van der Waals surface area contributed by atoms with Crippen molar-refractivity contribution in [3.05, 3.63) is 0 Å². The third-order valence-electron chi connectivity index (χ3n) is 2.23. The molecule has 1 heterocycles. The first-order chi connectivity index (χ1) is 6.43. The van der Waals surface area contributed by atoms with E-state index in [1.807, 2.05) is 31.2 Å². The van der Waals surface area contributed by atoms with E-state index in [1.165, 1.54) is 0 Å². The summed E-state index contributed by atoms with van der Waals surface area (Å²) < 4.78 is 0. The van der Waals surface area contributed by atoms with Gasteiger partial charge in [0.1, 0.15) is 0 Å². The maximum absolute atomic E-state index is 11.1. The molecule has 1 aliphatic rings. The number of urea groups is 1. The summed E-state index contributed by atoms with van der Waals surface area (Å²) in [7, 11) is 3.68. The zero-order valence-corrected chi connectivity index (χ0v) is 8.40. The second-order valence-corrected chi connectivity index (χ2v) is 3.49. The first-order valence-electron chi connectivity index (χ1n) is 4.26. The van der Waals surface area contributed by atoms with Gasteiger partial charge in [0.15, 0.2) is 0 Å². The van der Waals surface area contributed by atoms with Crippen LogP contribution in [-0.4, -0.2) is 54.3 Å². The highest BCUT2D eigenvalue weighted by molar-refractivity contribution is 6.44. The fourth-order valence-corrected chi connectivity index (χ4v) is 1.03. The summed E-state index contributed by atoms with van der Waals surface area (Å²) in [5, 5.41) is 1.94. The summed E-state index contributed by atoms with van der Waals surface area (Å²) in [4.78, 5) is 35.9. The molecule has 1 unspecified atom stereocenters. The van der Waals surface area contributed by atoms with Crippen molar-refractivity contribution in [2.75, 3.05) is 20.6 Å². The van der Waals surface area contributed by atoms with E-state index >= 15 is 0 Å². The Kier molecular flexibility index (Phi) is 2.85. The molecule has 1 aliphatic heterocycles. The van der Waals surface area contributed by atoms with Crippen molar-refractivity contribution in [3.8, 4) is 0 Å². The van der Waals surface area contributed by atoms with Crippen LogP contribution in [-0.2, 0) is 9.59 Å². The zero-order valence-electron chi connectivity index (χ0n) is 8.40. The van der Waals surface area contributed by atoms with Gasteiger partial charge in [-0.25, -0.2) is 4.79 Å². The number of likely N-dealkylation sites (N-methyl/N-ethyl adjacent to an activating group) is 1. The van der Waals surface area contributed by atoms with Crippen LogP contribution >= 0.6 is 0 Å². The number of carbonyl (C=O) groups is 3. The number of nitrogens with one attached hydrogen (secondary N) is 1. The lowest BCUT2D eigenvalue weighted by Gasteiger charge is -2.23. The smallest absolute Gasteiger partial charge is 0.305 e. The van der Waals surface area contributed by atoms with E-state index in [2.05, 4.69) is 0 Å². The number of rotatable bonds is 3. The van der Waals surface area contributed by atoms with Crippen LogP contribution in [0.1, 0.15) is 6.92 Å². The standard InChI is InChI=1S/C8H13N3O3/c1-5(10(2)3)4-11-7(13)6(12)9-8(11)14/h5H,4H2,1-3H3,(H,9,12,14). The van der Waals surface area contributed by atoms with E-state index in [0.717, 1.165) is 4.90 Å². The molecule has 0 spiro atoms. The molecule has 6 nitrogen and oxygen atoms in total. The molecule has 0 bridgehead atoms. The van der Waals surface area contributed by atoms with Gasteiger partial charge in [0, 0.05) is 12.6 Å². The number of amides is 4. The SMILES string of the molecule is CC(CN1C(=O)NC(=O)C1=O)N(C)C. The Morgan fingerprint density at radius 1 is 1.36 bits per heavy atom. The number of imide groups is 2. The van der Waals surface area contributed by atoms with E-state index in [9.17, 15) is 14.4 Å². The number of hydrogen-bond donors (Lipinski definition) is 1. The molecule has 4 amide bonds. The quantitative estimate of drug-likeness (QED) is 0.468. The van der Waals surface area contributed by atoms with Crippen molar-refractivity contribution in [1.82, 2.24) is 15.1 Å². The molecule has 1 saturated heterocycles. The number of hydrogen-bond acceptors (Lipinski definition) is 4. The van der Waals surface area contributed by atoms with Crippen LogP contribution < -0.4 is 5.32 Å². The summed E-state index contributed by atoms with van der Waals surface area (Å²) in [6, 6.07) is -0.607. The highest BCUT2D eigenvalue weighted by atomic mass is 16.2. The van der Waals surface area contributed by atoms with Crippen LogP contribution in [0.2, 0.25) is 0 Å². The van der Waals surface area contributed by atoms with Gasteiger partial charge >= 0.3 is 17.8 Å². The highest BCUT2D eigenvalue weighted by Gasteiger charge is 2.37. The third-order valence-corrected chi connectivity index (χ3v) is 2.23. The van der Waals surface area contributed by atoms with Crippen LogP contribution in [0.15, 0.2) is 0 Å². The van der Waals surface area contributed by atoms with Crippen molar-refractivity contribution in [1.29, 1.82) is 0 Å². The summed E-state index contributed by atoms with van der Waals surface area (Å²) in [6.45, 7) is 2.09. The molecule has 0 aliphatic carbocycles. The molecular weight excluding hydrogens is 186 g/mol. The predicted octanol–water partition coefficient (Wildman–Crippen LogP) is -0.985. The summed E-state index contributed by atoms with van der Waals surface area (Å²) >= 11 is 0. The van der Waals surface area contributed by atoms with Gasteiger partial charge in [0.25, 0.3) is 0 Å². The molecule has 0 aromatic rings. The van der Waals surface area contributed by atoms with Crippen LogP contribution in [0.5, 0.6) is 0 Å². The molecule has 1 N–H and O–H groups in total. The molecule has 6 heteroatoms. The molecule has 1 rings (SSSR count). The Morgan fingerprint density at radius 3 is 2.29 bits per heavy atom. The second-order valence-electron chi connectivity index (χ2n) is 3.49. The Balaban J connectivity index is 2.65. The monoisotopic (exact) mass is 199 g/mol. The van der Waals surface area contributed by atoms with Gasteiger partial charge in [-0.05, 0) is 21.0 Å². The zero-order chi connectivity index (χ0) is 10.9. The first-order valence-corrected chi connectivity index (χ1v) is 4.26. The average Bonchev–Trinajstić information content (AvgIpc) is 2.32. The lowest BCUT2D eigenvalue weighted by Crippen LogP contribution is -2.42. The van der Waals surface area contributed by atoms with Gasteiger partial charge in [-0.2, -0.15) is 0 Å². The van der Waals surface area contributed by atoms with Crippen molar-refractivity contribution in [2.45, 2.75) is 13.0 Å². The Hall–Kier alpha value is -1.43. The van der Waals surface area contributed by atoms with Crippen molar-refractivity contribution in [2.24, 2.45) is 0 Å². The van der Waals surface area contributed by atoms with Crippen molar-refractivity contribution < 1.29 is 14.4 Å². The molecule has 0 radical (unpaired) electrons. The summed E-state index contributed by atoms with van der Waals surface area (Å²) in [5.41, 5.74) is 0. The van der Waals surface area contributed by atoms with Gasteiger partial charge in [-0.15, -0.1) is 0 Å². The van der Waals surface area contributed by atoms with Crippen LogP contribution in [0.3, 0.4) is 0 Å². The van der Waals surface area contributed by atoms with Crippen molar-refractivity contribution in [3.63, 3.8) is 0 Å². The first kappa shape index (κ1) is 10.6. The van der Waals surface area contributed by atoms with Crippen molar-refractivity contribution >= 4 is 17.8 Å². The maximum Gasteiger partial charge on any atom is 0.331 e. The predicted molar refractivity (Wildman–Crippen MR) is 48.4 cm³/mol. The number of nitrogens with zero attached hydrogens (tertiary/aromatic N) is 2. The Labute approximate surface area is 81.8 Å². The normalized spacial score (nSPS) is 19.1. The average molecular weight is 199 g/mol. The molecule has 1 fully saturated rings. The fourth-order valence-electron chi connectivity index (χ4n) is 1.03. The molecule has 14 heavy (non-hydrogen) atoms. The molecule has 0 aromatic heterocycles. The minimum atomic E-state index is -0.846.